The summed E-state index contributed by atoms with van der Waals surface area (Å²) >= 11 is 0. The second-order valence-electron chi connectivity index (χ2n) is 5.97. The Hall–Kier alpha value is -2.05. The van der Waals surface area contributed by atoms with E-state index in [0.717, 1.165) is 12.1 Å². The lowest BCUT2D eigenvalue weighted by atomic mass is 9.93. The van der Waals surface area contributed by atoms with E-state index in [9.17, 15) is 22.8 Å². The molecule has 0 heterocycles. The van der Waals surface area contributed by atoms with Crippen LogP contribution < -0.4 is 5.32 Å². The highest BCUT2D eigenvalue weighted by Gasteiger charge is 2.52. The molecule has 23 heavy (non-hydrogen) atoms. The first-order chi connectivity index (χ1) is 10.6. The highest BCUT2D eigenvalue weighted by atomic mass is 19.4. The van der Waals surface area contributed by atoms with Gasteiger partial charge in [-0.2, -0.15) is 13.2 Å². The van der Waals surface area contributed by atoms with Gasteiger partial charge in [0.05, 0.1) is 11.0 Å². The van der Waals surface area contributed by atoms with Crippen LogP contribution in [0.5, 0.6) is 0 Å². The van der Waals surface area contributed by atoms with Crippen molar-refractivity contribution in [2.24, 2.45) is 0 Å². The van der Waals surface area contributed by atoms with Gasteiger partial charge >= 0.3 is 12.1 Å². The number of alkyl halides is 3. The monoisotopic (exact) mass is 329 g/mol. The van der Waals surface area contributed by atoms with Crippen LogP contribution in [0.4, 0.5) is 13.2 Å². The molecule has 1 fully saturated rings. The molecule has 2 N–H and O–H groups in total. The molecule has 1 unspecified atom stereocenters. The number of carbonyl (C=O) groups is 2. The molecule has 1 amide bonds. The van der Waals surface area contributed by atoms with Crippen molar-refractivity contribution in [3.63, 3.8) is 0 Å². The first-order valence-corrected chi connectivity index (χ1v) is 7.36. The van der Waals surface area contributed by atoms with Crippen molar-refractivity contribution in [3.05, 3.63) is 35.4 Å². The van der Waals surface area contributed by atoms with Gasteiger partial charge in [-0.25, -0.2) is 0 Å². The lowest BCUT2D eigenvalue weighted by molar-refractivity contribution is -0.138. The maximum absolute atomic E-state index is 12.8. The summed E-state index contributed by atoms with van der Waals surface area (Å²) in [4.78, 5) is 22.9. The van der Waals surface area contributed by atoms with Gasteiger partial charge < -0.3 is 10.4 Å². The predicted molar refractivity (Wildman–Crippen MR) is 76.8 cm³/mol. The fraction of sp³-hybridized carbons (Fsp3) is 0.500. The van der Waals surface area contributed by atoms with Crippen LogP contribution in [0.15, 0.2) is 24.3 Å². The van der Waals surface area contributed by atoms with Crippen molar-refractivity contribution in [1.82, 2.24) is 5.32 Å². The van der Waals surface area contributed by atoms with E-state index in [0.29, 0.717) is 18.4 Å². The van der Waals surface area contributed by atoms with Gasteiger partial charge in [0.1, 0.15) is 0 Å². The molecule has 0 radical (unpaired) electrons. The van der Waals surface area contributed by atoms with E-state index < -0.39 is 23.1 Å². The minimum Gasteiger partial charge on any atom is -0.481 e. The summed E-state index contributed by atoms with van der Waals surface area (Å²) in [5, 5.41) is 11.3. The number of nitrogens with one attached hydrogen (secondary N) is 1. The van der Waals surface area contributed by atoms with Crippen molar-refractivity contribution in [3.8, 4) is 0 Å². The fourth-order valence-electron chi connectivity index (χ4n) is 2.54. The third-order valence-electron chi connectivity index (χ3n) is 4.10. The molecule has 1 saturated carbocycles. The molecule has 1 aromatic rings. The Morgan fingerprint density at radius 2 is 2.00 bits per heavy atom. The molecular formula is C16H18F3NO3. The number of hydrogen-bond acceptors (Lipinski definition) is 2. The van der Waals surface area contributed by atoms with Gasteiger partial charge in [0.15, 0.2) is 0 Å². The Morgan fingerprint density at radius 1 is 1.35 bits per heavy atom. The summed E-state index contributed by atoms with van der Waals surface area (Å²) in [5.41, 5.74) is -1.33. The normalized spacial score (nSPS) is 17.4. The Labute approximate surface area is 131 Å². The van der Waals surface area contributed by atoms with Gasteiger partial charge in [0.2, 0.25) is 5.91 Å². The minimum atomic E-state index is -4.45. The summed E-state index contributed by atoms with van der Waals surface area (Å²) < 4.78 is 38.4. The molecule has 0 aromatic heterocycles. The molecule has 7 heteroatoms. The zero-order chi connectivity index (χ0) is 17.3. The van der Waals surface area contributed by atoms with Crippen molar-refractivity contribution in [2.45, 2.75) is 50.2 Å². The van der Waals surface area contributed by atoms with Crippen molar-refractivity contribution in [2.75, 3.05) is 0 Å². The number of benzene rings is 1. The summed E-state index contributed by atoms with van der Waals surface area (Å²) in [6, 6.07) is 4.49. The second kappa shape index (κ2) is 6.22. The van der Waals surface area contributed by atoms with Crippen molar-refractivity contribution < 1.29 is 27.9 Å². The molecule has 2 rings (SSSR count). The first-order valence-electron chi connectivity index (χ1n) is 7.36. The van der Waals surface area contributed by atoms with Crippen LogP contribution in [0.3, 0.4) is 0 Å². The number of carbonyl (C=O) groups excluding carboxylic acids is 1. The molecule has 0 saturated heterocycles. The smallest absolute Gasteiger partial charge is 0.416 e. The predicted octanol–water partition coefficient (Wildman–Crippen LogP) is 3.11. The van der Waals surface area contributed by atoms with E-state index in [1.54, 1.807) is 6.92 Å². The first kappa shape index (κ1) is 17.3. The third-order valence-corrected chi connectivity index (χ3v) is 4.10. The number of hydrogen-bond donors (Lipinski definition) is 2. The molecule has 4 nitrogen and oxygen atoms in total. The number of carboxylic acid groups (broad SMARTS) is 1. The molecule has 1 atom stereocenters. The van der Waals surface area contributed by atoms with E-state index >= 15 is 0 Å². The Morgan fingerprint density at radius 3 is 2.52 bits per heavy atom. The average molecular weight is 329 g/mol. The van der Waals surface area contributed by atoms with Crippen LogP contribution in [0, 0.1) is 0 Å². The van der Waals surface area contributed by atoms with Crippen LogP contribution in [0.1, 0.15) is 43.7 Å². The number of rotatable bonds is 6. The molecule has 1 aliphatic rings. The summed E-state index contributed by atoms with van der Waals surface area (Å²) in [5.74, 6) is -1.29. The average Bonchev–Trinajstić information content (AvgIpc) is 3.26. The number of halogens is 3. The van der Waals surface area contributed by atoms with E-state index in [4.69, 9.17) is 5.11 Å². The number of amides is 1. The van der Waals surface area contributed by atoms with Gasteiger partial charge in [0, 0.05) is 12.5 Å². The second-order valence-corrected chi connectivity index (χ2v) is 5.97. The van der Waals surface area contributed by atoms with Gasteiger partial charge in [0.25, 0.3) is 0 Å². The van der Waals surface area contributed by atoms with Crippen LogP contribution in [-0.2, 0) is 21.2 Å². The Balaban J connectivity index is 2.10. The lowest BCUT2D eigenvalue weighted by Crippen LogP contribution is -2.40. The van der Waals surface area contributed by atoms with E-state index in [-0.39, 0.29) is 24.8 Å². The Bertz CT molecular complexity index is 609. The van der Waals surface area contributed by atoms with Crippen LogP contribution >= 0.6 is 0 Å². The molecule has 0 bridgehead atoms. The molecule has 0 spiro atoms. The van der Waals surface area contributed by atoms with Gasteiger partial charge in [-0.1, -0.05) is 18.2 Å². The maximum Gasteiger partial charge on any atom is 0.416 e. The largest absolute Gasteiger partial charge is 0.481 e. The van der Waals surface area contributed by atoms with Gasteiger partial charge in [-0.15, -0.1) is 0 Å². The van der Waals surface area contributed by atoms with Gasteiger partial charge in [-0.05, 0) is 37.8 Å². The molecule has 1 aliphatic carbocycles. The van der Waals surface area contributed by atoms with E-state index in [1.165, 1.54) is 12.1 Å². The van der Waals surface area contributed by atoms with E-state index in [2.05, 4.69) is 5.32 Å². The van der Waals surface area contributed by atoms with Crippen LogP contribution in [0.25, 0.3) is 0 Å². The zero-order valence-corrected chi connectivity index (χ0v) is 12.6. The standard InChI is InChI=1S/C16H18F3NO3/c1-10(5-6-13(21)22)20-14(23)15(7-8-15)11-3-2-4-12(9-11)16(17,18)19/h2-4,9-10H,5-8H2,1H3,(H,20,23)(H,21,22). The highest BCUT2D eigenvalue weighted by molar-refractivity contribution is 5.91. The summed E-state index contributed by atoms with van der Waals surface area (Å²) in [6.07, 6.45) is -3.26. The maximum atomic E-state index is 12.8. The van der Waals surface area contributed by atoms with E-state index in [1.807, 2.05) is 0 Å². The topological polar surface area (TPSA) is 66.4 Å². The van der Waals surface area contributed by atoms with Crippen molar-refractivity contribution >= 4 is 11.9 Å². The van der Waals surface area contributed by atoms with Crippen LogP contribution in [-0.4, -0.2) is 23.0 Å². The number of aliphatic carboxylic acids is 1. The lowest BCUT2D eigenvalue weighted by Gasteiger charge is -2.20. The highest BCUT2D eigenvalue weighted by Crippen LogP contribution is 2.49. The summed E-state index contributed by atoms with van der Waals surface area (Å²) in [7, 11) is 0. The van der Waals surface area contributed by atoms with Crippen molar-refractivity contribution in [1.29, 1.82) is 0 Å². The summed E-state index contributed by atoms with van der Waals surface area (Å²) in [6.45, 7) is 1.68. The number of carboxylic acids is 1. The minimum absolute atomic E-state index is 0.0714. The molecule has 1 aromatic carbocycles. The fourth-order valence-corrected chi connectivity index (χ4v) is 2.54. The van der Waals surface area contributed by atoms with Crippen LogP contribution in [0.2, 0.25) is 0 Å². The quantitative estimate of drug-likeness (QED) is 0.843. The Kier molecular flexibility index (Phi) is 4.68. The molecule has 0 aliphatic heterocycles. The molecule has 126 valence electrons. The zero-order valence-electron chi connectivity index (χ0n) is 12.6. The SMILES string of the molecule is CC(CCC(=O)O)NC(=O)C1(c2cccc(C(F)(F)F)c2)CC1. The molecular weight excluding hydrogens is 311 g/mol. The third kappa shape index (κ3) is 4.03. The van der Waals surface area contributed by atoms with Gasteiger partial charge in [-0.3, -0.25) is 9.59 Å².